The van der Waals surface area contributed by atoms with E-state index >= 15 is 0 Å². The zero-order valence-electron chi connectivity index (χ0n) is 10.1. The van der Waals surface area contributed by atoms with Crippen molar-refractivity contribution in [3.05, 3.63) is 17.0 Å². The molecule has 0 saturated heterocycles. The Kier molecular flexibility index (Phi) is 3.87. The third-order valence-corrected chi connectivity index (χ3v) is 5.13. The number of rotatable bonds is 5. The predicted octanol–water partition coefficient (Wildman–Crippen LogP) is 5.27. The van der Waals surface area contributed by atoms with Crippen molar-refractivity contribution in [1.29, 1.82) is 0 Å². The van der Waals surface area contributed by atoms with Crippen molar-refractivity contribution in [2.24, 2.45) is 0 Å². The Hall–Kier alpha value is -0.540. The molecule has 2 heterocycles. The molecule has 2 aromatic heterocycles. The van der Waals surface area contributed by atoms with E-state index in [2.05, 4.69) is 26.0 Å². The highest BCUT2D eigenvalue weighted by Crippen LogP contribution is 2.40. The molecule has 1 unspecified atom stereocenters. The van der Waals surface area contributed by atoms with Gasteiger partial charge in [-0.25, -0.2) is 0 Å². The lowest BCUT2D eigenvalue weighted by Gasteiger charge is -2.05. The van der Waals surface area contributed by atoms with Crippen LogP contribution in [0.4, 0.5) is 0 Å². The number of hydrogen-bond donors (Lipinski definition) is 0. The van der Waals surface area contributed by atoms with Gasteiger partial charge in [0.15, 0.2) is 5.06 Å². The monoisotopic (exact) mass is 254 g/mol. The summed E-state index contributed by atoms with van der Waals surface area (Å²) in [5.74, 6) is 0.699. The van der Waals surface area contributed by atoms with E-state index in [9.17, 15) is 0 Å². The molecule has 0 bridgehead atoms. The Morgan fingerprint density at radius 2 is 1.94 bits per heavy atom. The van der Waals surface area contributed by atoms with Crippen LogP contribution in [0, 0.1) is 0 Å². The Balaban J connectivity index is 2.21. The van der Waals surface area contributed by atoms with Gasteiger partial charge in [0.25, 0.3) is 0 Å². The Morgan fingerprint density at radius 3 is 2.56 bits per heavy atom. The summed E-state index contributed by atoms with van der Waals surface area (Å²) in [5.41, 5.74) is 0. The normalized spacial score (nSPS) is 13.2. The average Bonchev–Trinajstić information content (AvgIpc) is 2.76. The van der Waals surface area contributed by atoms with E-state index in [1.807, 2.05) is 18.3 Å². The third-order valence-electron chi connectivity index (χ3n) is 2.70. The molecule has 0 aliphatic carbocycles. The van der Waals surface area contributed by atoms with Crippen LogP contribution in [0.2, 0.25) is 0 Å². The molecular formula is C13H18OS2. The Bertz CT molecular complexity index is 424. The molecule has 16 heavy (non-hydrogen) atoms. The van der Waals surface area contributed by atoms with E-state index in [4.69, 9.17) is 4.74 Å². The molecule has 0 aromatic carbocycles. The summed E-state index contributed by atoms with van der Waals surface area (Å²) >= 11 is 3.69. The maximum atomic E-state index is 5.52. The van der Waals surface area contributed by atoms with Crippen molar-refractivity contribution < 1.29 is 4.74 Å². The molecule has 0 fully saturated rings. The first-order chi connectivity index (χ1) is 7.74. The minimum absolute atomic E-state index is 0.699. The van der Waals surface area contributed by atoms with E-state index in [-0.39, 0.29) is 0 Å². The smallest absolute Gasteiger partial charge is 0.175 e. The van der Waals surface area contributed by atoms with Crippen LogP contribution in [0.25, 0.3) is 9.40 Å². The number of fused-ring (bicyclic) bond motifs is 1. The fraction of sp³-hybridized carbons (Fsp3) is 0.538. The van der Waals surface area contributed by atoms with Gasteiger partial charge in [0.05, 0.1) is 6.61 Å². The highest BCUT2D eigenvalue weighted by Gasteiger charge is 2.11. The molecular weight excluding hydrogens is 236 g/mol. The van der Waals surface area contributed by atoms with Gasteiger partial charge < -0.3 is 4.74 Å². The molecule has 1 atom stereocenters. The fourth-order valence-corrected chi connectivity index (χ4v) is 4.25. The summed E-state index contributed by atoms with van der Waals surface area (Å²) < 4.78 is 8.28. The van der Waals surface area contributed by atoms with Crippen molar-refractivity contribution in [2.75, 3.05) is 6.61 Å². The van der Waals surface area contributed by atoms with Gasteiger partial charge in [-0.15, -0.1) is 11.3 Å². The summed E-state index contributed by atoms with van der Waals surface area (Å²) in [5, 5.41) is 1.05. The summed E-state index contributed by atoms with van der Waals surface area (Å²) in [7, 11) is 0. The predicted molar refractivity (Wildman–Crippen MR) is 74.2 cm³/mol. The number of ether oxygens (including phenoxy) is 1. The molecule has 88 valence electrons. The van der Waals surface area contributed by atoms with E-state index in [1.165, 1.54) is 27.1 Å². The van der Waals surface area contributed by atoms with Gasteiger partial charge in [0.1, 0.15) is 0 Å². The lowest BCUT2D eigenvalue weighted by molar-refractivity contribution is 0.350. The molecule has 0 aliphatic heterocycles. The highest BCUT2D eigenvalue weighted by atomic mass is 32.1. The average molecular weight is 254 g/mol. The standard InChI is InChI=1S/C13H18OS2/c1-4-6-9(3)10-7-11-12(15-10)8-13(16-11)14-5-2/h7-9H,4-6H2,1-3H3. The SMILES string of the molecule is CCCC(C)c1cc2sc(OCC)cc2s1. The van der Waals surface area contributed by atoms with Crippen LogP contribution in [-0.2, 0) is 0 Å². The zero-order valence-corrected chi connectivity index (χ0v) is 11.7. The maximum absolute atomic E-state index is 5.52. The summed E-state index contributed by atoms with van der Waals surface area (Å²) in [6, 6.07) is 4.52. The van der Waals surface area contributed by atoms with Gasteiger partial charge in [0, 0.05) is 20.3 Å². The second-order valence-corrected chi connectivity index (χ2v) is 6.23. The van der Waals surface area contributed by atoms with Crippen LogP contribution in [0.5, 0.6) is 5.06 Å². The molecule has 0 aliphatic rings. The van der Waals surface area contributed by atoms with Crippen molar-refractivity contribution in [3.8, 4) is 5.06 Å². The minimum Gasteiger partial charge on any atom is -0.484 e. The third kappa shape index (κ3) is 2.41. The van der Waals surface area contributed by atoms with E-state index in [0.717, 1.165) is 11.7 Å². The zero-order chi connectivity index (χ0) is 11.5. The molecule has 3 heteroatoms. The number of thiophene rings is 2. The van der Waals surface area contributed by atoms with Crippen LogP contribution in [0.15, 0.2) is 12.1 Å². The van der Waals surface area contributed by atoms with Crippen molar-refractivity contribution in [1.82, 2.24) is 0 Å². The molecule has 2 aromatic rings. The van der Waals surface area contributed by atoms with Crippen LogP contribution >= 0.6 is 22.7 Å². The fourth-order valence-electron chi connectivity index (χ4n) is 1.86. The first kappa shape index (κ1) is 11.9. The van der Waals surface area contributed by atoms with Crippen molar-refractivity contribution in [2.45, 2.75) is 39.5 Å². The summed E-state index contributed by atoms with van der Waals surface area (Å²) in [6.45, 7) is 7.36. The Labute approximate surface area is 105 Å². The van der Waals surface area contributed by atoms with Gasteiger partial charge in [0.2, 0.25) is 0 Å². The van der Waals surface area contributed by atoms with Gasteiger partial charge in [-0.2, -0.15) is 0 Å². The minimum atomic E-state index is 0.699. The molecule has 0 radical (unpaired) electrons. The second-order valence-electron chi connectivity index (χ2n) is 4.07. The van der Waals surface area contributed by atoms with Crippen molar-refractivity contribution >= 4 is 32.1 Å². The van der Waals surface area contributed by atoms with E-state index < -0.39 is 0 Å². The summed E-state index contributed by atoms with van der Waals surface area (Å²) in [6.07, 6.45) is 2.54. The first-order valence-electron chi connectivity index (χ1n) is 5.90. The van der Waals surface area contributed by atoms with Gasteiger partial charge >= 0.3 is 0 Å². The van der Waals surface area contributed by atoms with Crippen LogP contribution in [-0.4, -0.2) is 6.61 Å². The maximum Gasteiger partial charge on any atom is 0.175 e. The topological polar surface area (TPSA) is 9.23 Å². The Morgan fingerprint density at radius 1 is 1.19 bits per heavy atom. The highest BCUT2D eigenvalue weighted by molar-refractivity contribution is 7.28. The van der Waals surface area contributed by atoms with Gasteiger partial charge in [-0.3, -0.25) is 0 Å². The quantitative estimate of drug-likeness (QED) is 0.706. The second kappa shape index (κ2) is 5.19. The van der Waals surface area contributed by atoms with E-state index in [0.29, 0.717) is 5.92 Å². The first-order valence-corrected chi connectivity index (χ1v) is 7.54. The van der Waals surface area contributed by atoms with Crippen LogP contribution < -0.4 is 4.74 Å². The molecule has 0 N–H and O–H groups in total. The molecule has 0 spiro atoms. The van der Waals surface area contributed by atoms with E-state index in [1.54, 1.807) is 11.3 Å². The molecule has 2 rings (SSSR count). The van der Waals surface area contributed by atoms with Gasteiger partial charge in [-0.1, -0.05) is 31.6 Å². The molecule has 0 saturated carbocycles. The van der Waals surface area contributed by atoms with Crippen LogP contribution in [0.1, 0.15) is 44.4 Å². The number of hydrogen-bond acceptors (Lipinski definition) is 3. The summed E-state index contributed by atoms with van der Waals surface area (Å²) in [4.78, 5) is 1.52. The van der Waals surface area contributed by atoms with Crippen molar-refractivity contribution in [3.63, 3.8) is 0 Å². The largest absolute Gasteiger partial charge is 0.484 e. The lowest BCUT2D eigenvalue weighted by Crippen LogP contribution is -1.88. The van der Waals surface area contributed by atoms with Crippen LogP contribution in [0.3, 0.4) is 0 Å². The molecule has 1 nitrogen and oxygen atoms in total. The lowest BCUT2D eigenvalue weighted by atomic mass is 10.1. The van der Waals surface area contributed by atoms with Gasteiger partial charge in [-0.05, 0) is 25.3 Å². The molecule has 0 amide bonds.